The molecule has 9 heteroatoms. The number of ether oxygens (including phenoxy) is 1. The van der Waals surface area contributed by atoms with E-state index in [0.29, 0.717) is 15.6 Å². The molecule has 156 valence electrons. The molecule has 0 radical (unpaired) electrons. The number of hydrogen-bond acceptors (Lipinski definition) is 5. The Labute approximate surface area is 188 Å². The molecule has 3 N–H and O–H groups in total. The van der Waals surface area contributed by atoms with Gasteiger partial charge in [0.15, 0.2) is 11.2 Å². The van der Waals surface area contributed by atoms with Gasteiger partial charge in [-0.3, -0.25) is 25.8 Å². The molecule has 3 aromatic rings. The number of nitrogens with one attached hydrogen (secondary N) is 3. The average Bonchev–Trinajstić information content (AvgIpc) is 3.06. The van der Waals surface area contributed by atoms with E-state index < -0.39 is 17.9 Å². The molecule has 0 saturated heterocycles. The Morgan fingerprint density at radius 3 is 2.53 bits per heavy atom. The van der Waals surface area contributed by atoms with Crippen LogP contribution in [0.2, 0.25) is 5.02 Å². The van der Waals surface area contributed by atoms with Crippen molar-refractivity contribution >= 4 is 62.2 Å². The van der Waals surface area contributed by atoms with Crippen molar-refractivity contribution < 1.29 is 14.3 Å². The van der Waals surface area contributed by atoms with E-state index in [-0.39, 0.29) is 5.11 Å². The highest BCUT2D eigenvalue weighted by molar-refractivity contribution is 7.80. The Balaban J connectivity index is 1.52. The van der Waals surface area contributed by atoms with Crippen molar-refractivity contribution in [3.63, 3.8) is 0 Å². The number of thiocarbonyl (C=S) groups is 1. The second-order valence-corrected chi connectivity index (χ2v) is 8.48. The first-order chi connectivity index (χ1) is 14.3. The van der Waals surface area contributed by atoms with Gasteiger partial charge in [0.25, 0.3) is 11.8 Å². The first kappa shape index (κ1) is 22.0. The fraction of sp³-hybridized carbons (Fsp3) is 0.190. The van der Waals surface area contributed by atoms with E-state index in [1.54, 1.807) is 13.0 Å². The Hall–Kier alpha value is -2.68. The molecular formula is C21H20ClN3O3S2. The molecule has 6 nitrogen and oxygen atoms in total. The molecule has 1 unspecified atom stereocenters. The van der Waals surface area contributed by atoms with E-state index in [9.17, 15) is 9.59 Å². The minimum Gasteiger partial charge on any atom is -0.481 e. The maximum Gasteiger partial charge on any atom is 0.279 e. The molecule has 30 heavy (non-hydrogen) atoms. The number of halogens is 1. The van der Waals surface area contributed by atoms with Gasteiger partial charge in [0.1, 0.15) is 10.6 Å². The molecule has 0 fully saturated rings. The second kappa shape index (κ2) is 9.42. The van der Waals surface area contributed by atoms with Gasteiger partial charge in [0, 0.05) is 10.1 Å². The second-order valence-electron chi connectivity index (χ2n) is 6.64. The van der Waals surface area contributed by atoms with E-state index in [1.165, 1.54) is 11.3 Å². The summed E-state index contributed by atoms with van der Waals surface area (Å²) in [7, 11) is 0. The van der Waals surface area contributed by atoms with Crippen molar-refractivity contribution in [2.75, 3.05) is 0 Å². The van der Waals surface area contributed by atoms with Crippen LogP contribution in [0.15, 0.2) is 42.5 Å². The zero-order valence-corrected chi connectivity index (χ0v) is 18.9. The topological polar surface area (TPSA) is 79.5 Å². The number of carbonyl (C=O) groups excluding carboxylic acids is 2. The van der Waals surface area contributed by atoms with Crippen LogP contribution in [0.4, 0.5) is 0 Å². The van der Waals surface area contributed by atoms with Gasteiger partial charge >= 0.3 is 0 Å². The molecule has 2 aromatic carbocycles. The SMILES string of the molecule is Cc1ccc(OC(C)C(=O)NNC(=S)NC(=O)c2sc3ccccc3c2Cl)cc1C. The number of carbonyl (C=O) groups is 2. The number of rotatable bonds is 4. The molecule has 1 atom stereocenters. The minimum atomic E-state index is -0.768. The van der Waals surface area contributed by atoms with Crippen molar-refractivity contribution in [3.8, 4) is 5.75 Å². The quantitative estimate of drug-likeness (QED) is 0.399. The number of amides is 2. The first-order valence-corrected chi connectivity index (χ1v) is 10.7. The number of fused-ring (bicyclic) bond motifs is 1. The van der Waals surface area contributed by atoms with Crippen molar-refractivity contribution in [1.82, 2.24) is 16.2 Å². The van der Waals surface area contributed by atoms with Crippen LogP contribution >= 0.6 is 35.2 Å². The van der Waals surface area contributed by atoms with Crippen LogP contribution in [0.3, 0.4) is 0 Å². The van der Waals surface area contributed by atoms with E-state index in [1.807, 2.05) is 50.2 Å². The smallest absolute Gasteiger partial charge is 0.279 e. The molecule has 0 aliphatic heterocycles. The summed E-state index contributed by atoms with van der Waals surface area (Å²) >= 11 is 12.7. The standard InChI is InChI=1S/C21H20ClN3O3S2/c1-11-8-9-14(10-12(11)2)28-13(3)19(26)24-25-21(29)23-20(27)18-17(22)15-6-4-5-7-16(15)30-18/h4-10,13H,1-3H3,(H,24,26)(H2,23,25,27,29). The number of aryl methyl sites for hydroxylation is 2. The molecule has 2 amide bonds. The Morgan fingerprint density at radius 1 is 1.10 bits per heavy atom. The van der Waals surface area contributed by atoms with Crippen molar-refractivity contribution in [2.45, 2.75) is 26.9 Å². The van der Waals surface area contributed by atoms with Gasteiger partial charge in [-0.2, -0.15) is 0 Å². The zero-order chi connectivity index (χ0) is 21.8. The third-order valence-electron chi connectivity index (χ3n) is 4.43. The summed E-state index contributed by atoms with van der Waals surface area (Å²) in [6.07, 6.45) is -0.768. The minimum absolute atomic E-state index is 0.0553. The highest BCUT2D eigenvalue weighted by atomic mass is 35.5. The number of hydrogen-bond donors (Lipinski definition) is 3. The van der Waals surface area contributed by atoms with Gasteiger partial charge in [0.05, 0.1) is 5.02 Å². The van der Waals surface area contributed by atoms with Crippen LogP contribution in [0.25, 0.3) is 10.1 Å². The van der Waals surface area contributed by atoms with Crippen LogP contribution in [-0.4, -0.2) is 23.0 Å². The van der Waals surface area contributed by atoms with Crippen LogP contribution in [0.1, 0.15) is 27.7 Å². The number of benzene rings is 2. The van der Waals surface area contributed by atoms with Gasteiger partial charge in [0.2, 0.25) is 0 Å². The van der Waals surface area contributed by atoms with Gasteiger partial charge in [-0.25, -0.2) is 0 Å². The Bertz CT molecular complexity index is 1130. The van der Waals surface area contributed by atoms with Crippen molar-refractivity contribution in [3.05, 3.63) is 63.5 Å². The predicted molar refractivity (Wildman–Crippen MR) is 124 cm³/mol. The zero-order valence-electron chi connectivity index (χ0n) is 16.5. The molecule has 0 aliphatic carbocycles. The first-order valence-electron chi connectivity index (χ1n) is 9.08. The normalized spacial score (nSPS) is 11.6. The maximum absolute atomic E-state index is 12.5. The predicted octanol–water partition coefficient (Wildman–Crippen LogP) is 4.27. The molecule has 0 spiro atoms. The molecular weight excluding hydrogens is 442 g/mol. The van der Waals surface area contributed by atoms with Gasteiger partial charge in [-0.1, -0.05) is 35.9 Å². The summed E-state index contributed by atoms with van der Waals surface area (Å²) in [4.78, 5) is 25.1. The fourth-order valence-electron chi connectivity index (χ4n) is 2.62. The van der Waals surface area contributed by atoms with E-state index in [2.05, 4.69) is 16.2 Å². The van der Waals surface area contributed by atoms with Gasteiger partial charge < -0.3 is 4.74 Å². The van der Waals surface area contributed by atoms with Crippen LogP contribution in [-0.2, 0) is 4.79 Å². The van der Waals surface area contributed by atoms with Gasteiger partial charge in [-0.05, 0) is 62.3 Å². The summed E-state index contributed by atoms with van der Waals surface area (Å²) < 4.78 is 6.55. The number of thiophene rings is 1. The summed E-state index contributed by atoms with van der Waals surface area (Å²) in [6, 6.07) is 13.1. The molecule has 0 bridgehead atoms. The monoisotopic (exact) mass is 461 g/mol. The fourth-order valence-corrected chi connectivity index (χ4v) is 4.17. The lowest BCUT2D eigenvalue weighted by atomic mass is 10.1. The van der Waals surface area contributed by atoms with Crippen LogP contribution in [0.5, 0.6) is 5.75 Å². The van der Waals surface area contributed by atoms with Crippen molar-refractivity contribution in [1.29, 1.82) is 0 Å². The number of hydrazine groups is 1. The van der Waals surface area contributed by atoms with Crippen LogP contribution < -0.4 is 20.9 Å². The Kier molecular flexibility index (Phi) is 6.91. The lowest BCUT2D eigenvalue weighted by molar-refractivity contribution is -0.127. The van der Waals surface area contributed by atoms with E-state index in [4.69, 9.17) is 28.6 Å². The highest BCUT2D eigenvalue weighted by Gasteiger charge is 2.19. The summed E-state index contributed by atoms with van der Waals surface area (Å²) in [5.74, 6) is -0.298. The molecule has 3 rings (SSSR count). The average molecular weight is 462 g/mol. The summed E-state index contributed by atoms with van der Waals surface area (Å²) in [5, 5.41) is 3.63. The van der Waals surface area contributed by atoms with Crippen molar-refractivity contribution in [2.24, 2.45) is 0 Å². The third-order valence-corrected chi connectivity index (χ3v) is 6.31. The van der Waals surface area contributed by atoms with Gasteiger partial charge in [-0.15, -0.1) is 11.3 Å². The summed E-state index contributed by atoms with van der Waals surface area (Å²) in [6.45, 7) is 5.59. The molecule has 1 heterocycles. The highest BCUT2D eigenvalue weighted by Crippen LogP contribution is 2.34. The Morgan fingerprint density at radius 2 is 1.83 bits per heavy atom. The largest absolute Gasteiger partial charge is 0.481 e. The third kappa shape index (κ3) is 5.08. The molecule has 0 saturated carbocycles. The molecule has 0 aliphatic rings. The van der Waals surface area contributed by atoms with E-state index >= 15 is 0 Å². The maximum atomic E-state index is 12.5. The summed E-state index contributed by atoms with van der Waals surface area (Å²) in [5.41, 5.74) is 7.14. The molecule has 1 aromatic heterocycles. The lowest BCUT2D eigenvalue weighted by Gasteiger charge is -2.16. The van der Waals surface area contributed by atoms with Crippen LogP contribution in [0, 0.1) is 13.8 Å². The van der Waals surface area contributed by atoms with E-state index in [0.717, 1.165) is 21.2 Å². The lowest BCUT2D eigenvalue weighted by Crippen LogP contribution is -2.51.